The predicted molar refractivity (Wildman–Crippen MR) is 118 cm³/mol. The second-order valence-corrected chi connectivity index (χ2v) is 8.82. The first-order chi connectivity index (χ1) is 13.5. The smallest absolute Gasteiger partial charge is 0.274 e. The molecule has 1 saturated heterocycles. The number of fused-ring (bicyclic) bond motifs is 3. The number of hydrogen-bond donors (Lipinski definition) is 0. The van der Waals surface area contributed by atoms with Crippen LogP contribution in [-0.2, 0) is 0 Å². The van der Waals surface area contributed by atoms with Gasteiger partial charge in [0, 0.05) is 18.8 Å². The summed E-state index contributed by atoms with van der Waals surface area (Å²) in [5.41, 5.74) is 7.84. The van der Waals surface area contributed by atoms with E-state index < -0.39 is 0 Å². The molecule has 0 aliphatic carbocycles. The van der Waals surface area contributed by atoms with Gasteiger partial charge in [0.05, 0.1) is 15.6 Å². The maximum atomic E-state index is 13.1. The monoisotopic (exact) mass is 389 g/mol. The zero-order valence-electron chi connectivity index (χ0n) is 16.5. The molecule has 0 radical (unpaired) electrons. The zero-order chi connectivity index (χ0) is 19.4. The van der Waals surface area contributed by atoms with E-state index in [-0.39, 0.29) is 5.56 Å². The van der Waals surface area contributed by atoms with E-state index in [0.717, 1.165) is 39.2 Å². The van der Waals surface area contributed by atoms with Gasteiger partial charge in [-0.3, -0.25) is 4.79 Å². The summed E-state index contributed by atoms with van der Waals surface area (Å²) in [4.78, 5) is 21.0. The van der Waals surface area contributed by atoms with Gasteiger partial charge in [0.2, 0.25) is 0 Å². The second-order valence-electron chi connectivity index (χ2n) is 7.81. The van der Waals surface area contributed by atoms with Crippen LogP contribution in [0.5, 0.6) is 0 Å². The Morgan fingerprint density at radius 3 is 2.50 bits per heavy atom. The van der Waals surface area contributed by atoms with Gasteiger partial charge >= 0.3 is 0 Å². The molecule has 1 fully saturated rings. The average molecular weight is 390 g/mol. The first-order valence-electron chi connectivity index (χ1n) is 9.81. The lowest BCUT2D eigenvalue weighted by molar-refractivity contribution is 0.949. The SMILES string of the molecule is Cc1cc2nc3s/c(=C/c4ccc(N5CCCC5)c(C)c4)c(=O)n3c2cc1C. The zero-order valence-corrected chi connectivity index (χ0v) is 17.3. The molecule has 3 heterocycles. The molecule has 4 nitrogen and oxygen atoms in total. The highest BCUT2D eigenvalue weighted by Gasteiger charge is 2.15. The molecule has 5 rings (SSSR count). The van der Waals surface area contributed by atoms with Crippen LogP contribution in [0.3, 0.4) is 0 Å². The molecule has 0 spiro atoms. The molecular formula is C23H23N3OS. The van der Waals surface area contributed by atoms with Gasteiger partial charge in [0.25, 0.3) is 5.56 Å². The Hall–Kier alpha value is -2.66. The minimum atomic E-state index is 0.0204. The summed E-state index contributed by atoms with van der Waals surface area (Å²) in [6.07, 6.45) is 4.54. The quantitative estimate of drug-likeness (QED) is 0.520. The van der Waals surface area contributed by atoms with E-state index in [2.05, 4.69) is 61.0 Å². The maximum absolute atomic E-state index is 13.1. The lowest BCUT2D eigenvalue weighted by Gasteiger charge is -2.20. The lowest BCUT2D eigenvalue weighted by Crippen LogP contribution is -2.22. The van der Waals surface area contributed by atoms with Gasteiger partial charge in [-0.15, -0.1) is 0 Å². The first kappa shape index (κ1) is 17.4. The summed E-state index contributed by atoms with van der Waals surface area (Å²) in [5.74, 6) is 0. The van der Waals surface area contributed by atoms with Crippen LogP contribution in [0.1, 0.15) is 35.1 Å². The van der Waals surface area contributed by atoms with E-state index in [4.69, 9.17) is 0 Å². The highest BCUT2D eigenvalue weighted by atomic mass is 32.1. The fraction of sp³-hybridized carbons (Fsp3) is 0.304. The molecule has 2 aromatic carbocycles. The number of aryl methyl sites for hydroxylation is 3. The van der Waals surface area contributed by atoms with E-state index in [1.54, 1.807) is 4.40 Å². The number of thiazole rings is 1. The van der Waals surface area contributed by atoms with Crippen LogP contribution < -0.4 is 15.0 Å². The Bertz CT molecular complexity index is 1330. The molecule has 142 valence electrons. The molecule has 0 N–H and O–H groups in total. The van der Waals surface area contributed by atoms with E-state index in [0.29, 0.717) is 0 Å². The number of imidazole rings is 1. The lowest BCUT2D eigenvalue weighted by atomic mass is 10.1. The summed E-state index contributed by atoms with van der Waals surface area (Å²) in [6, 6.07) is 10.6. The Morgan fingerprint density at radius 2 is 1.75 bits per heavy atom. The Kier molecular flexibility index (Phi) is 4.02. The molecule has 0 atom stereocenters. The average Bonchev–Trinajstić information content (AvgIpc) is 3.35. The summed E-state index contributed by atoms with van der Waals surface area (Å²) in [6.45, 7) is 8.59. The Balaban J connectivity index is 1.62. The summed E-state index contributed by atoms with van der Waals surface area (Å²) < 4.78 is 2.49. The van der Waals surface area contributed by atoms with Crippen molar-refractivity contribution in [2.75, 3.05) is 18.0 Å². The minimum Gasteiger partial charge on any atom is -0.371 e. The molecular weight excluding hydrogens is 366 g/mol. The molecule has 4 aromatic rings. The van der Waals surface area contributed by atoms with Crippen molar-refractivity contribution in [1.29, 1.82) is 0 Å². The fourth-order valence-corrected chi connectivity index (χ4v) is 5.14. The number of anilines is 1. The summed E-state index contributed by atoms with van der Waals surface area (Å²) in [7, 11) is 0. The molecule has 5 heteroatoms. The third-order valence-electron chi connectivity index (χ3n) is 5.82. The third-order valence-corrected chi connectivity index (χ3v) is 6.79. The van der Waals surface area contributed by atoms with Gasteiger partial charge in [-0.05, 0) is 86.2 Å². The molecule has 0 bridgehead atoms. The molecule has 0 unspecified atom stereocenters. The fourth-order valence-electron chi connectivity index (χ4n) is 4.15. The van der Waals surface area contributed by atoms with Crippen LogP contribution in [0.2, 0.25) is 0 Å². The van der Waals surface area contributed by atoms with Crippen molar-refractivity contribution in [3.63, 3.8) is 0 Å². The second kappa shape index (κ2) is 6.45. The minimum absolute atomic E-state index is 0.0204. The summed E-state index contributed by atoms with van der Waals surface area (Å²) in [5, 5.41) is 0. The first-order valence-corrected chi connectivity index (χ1v) is 10.6. The highest BCUT2D eigenvalue weighted by Crippen LogP contribution is 2.25. The van der Waals surface area contributed by atoms with Crippen LogP contribution in [0.4, 0.5) is 5.69 Å². The normalized spacial score (nSPS) is 15.4. The van der Waals surface area contributed by atoms with Crippen LogP contribution in [0.15, 0.2) is 35.1 Å². The van der Waals surface area contributed by atoms with Crippen LogP contribution in [0, 0.1) is 20.8 Å². The van der Waals surface area contributed by atoms with Crippen LogP contribution in [0.25, 0.3) is 22.1 Å². The van der Waals surface area contributed by atoms with Crippen molar-refractivity contribution < 1.29 is 0 Å². The van der Waals surface area contributed by atoms with Gasteiger partial charge in [-0.25, -0.2) is 9.38 Å². The maximum Gasteiger partial charge on any atom is 0.274 e. The Labute approximate surface area is 167 Å². The van der Waals surface area contributed by atoms with Gasteiger partial charge in [0.15, 0.2) is 4.96 Å². The molecule has 0 amide bonds. The third kappa shape index (κ3) is 2.73. The number of rotatable bonds is 2. The number of hydrogen-bond acceptors (Lipinski definition) is 4. The van der Waals surface area contributed by atoms with Crippen molar-refractivity contribution in [3.05, 3.63) is 67.5 Å². The van der Waals surface area contributed by atoms with Crippen molar-refractivity contribution in [3.8, 4) is 0 Å². The van der Waals surface area contributed by atoms with Crippen molar-refractivity contribution in [2.45, 2.75) is 33.6 Å². The van der Waals surface area contributed by atoms with Crippen molar-refractivity contribution in [1.82, 2.24) is 9.38 Å². The van der Waals surface area contributed by atoms with Gasteiger partial charge < -0.3 is 4.90 Å². The summed E-state index contributed by atoms with van der Waals surface area (Å²) >= 11 is 1.46. The highest BCUT2D eigenvalue weighted by molar-refractivity contribution is 7.15. The Morgan fingerprint density at radius 1 is 1.00 bits per heavy atom. The van der Waals surface area contributed by atoms with Crippen molar-refractivity contribution >= 4 is 39.1 Å². The van der Waals surface area contributed by atoms with E-state index in [1.807, 2.05) is 6.08 Å². The molecule has 2 aromatic heterocycles. The number of benzene rings is 2. The van der Waals surface area contributed by atoms with Gasteiger partial charge in [-0.2, -0.15) is 0 Å². The van der Waals surface area contributed by atoms with Gasteiger partial charge in [-0.1, -0.05) is 17.4 Å². The number of aromatic nitrogens is 2. The molecule has 1 aliphatic heterocycles. The van der Waals surface area contributed by atoms with Crippen molar-refractivity contribution in [2.24, 2.45) is 0 Å². The standard InChI is InChI=1S/C23H23N3OS/c1-14-11-18-20(12-15(14)2)26-22(27)21(28-23(26)24-18)13-17-6-7-19(16(3)10-17)25-8-4-5-9-25/h6-7,10-13H,4-5,8-9H2,1-3H3/b21-13+. The number of nitrogens with zero attached hydrogens (tertiary/aromatic N) is 3. The van der Waals surface area contributed by atoms with E-state index in [9.17, 15) is 4.79 Å². The van der Waals surface area contributed by atoms with Crippen LogP contribution in [-0.4, -0.2) is 22.5 Å². The predicted octanol–water partition coefficient (Wildman–Crippen LogP) is 3.98. The van der Waals surface area contributed by atoms with E-state index >= 15 is 0 Å². The topological polar surface area (TPSA) is 37.6 Å². The van der Waals surface area contributed by atoms with Gasteiger partial charge in [0.1, 0.15) is 0 Å². The van der Waals surface area contributed by atoms with Crippen LogP contribution >= 0.6 is 11.3 Å². The molecule has 28 heavy (non-hydrogen) atoms. The largest absolute Gasteiger partial charge is 0.371 e. The molecule has 1 aliphatic rings. The van der Waals surface area contributed by atoms with E-state index in [1.165, 1.54) is 46.6 Å². The molecule has 0 saturated carbocycles.